The quantitative estimate of drug-likeness (QED) is 0.710. The Labute approximate surface area is 157 Å². The Balaban J connectivity index is 1.50. The molecular weight excluding hydrogens is 342 g/mol. The minimum atomic E-state index is 0.0290. The van der Waals surface area contributed by atoms with Gasteiger partial charge in [0, 0.05) is 26.3 Å². The second kappa shape index (κ2) is 6.58. The van der Waals surface area contributed by atoms with Crippen molar-refractivity contribution in [1.29, 1.82) is 0 Å². The van der Waals surface area contributed by atoms with Gasteiger partial charge in [0.25, 0.3) is 5.56 Å². The highest BCUT2D eigenvalue weighted by Gasteiger charge is 2.30. The summed E-state index contributed by atoms with van der Waals surface area (Å²) < 4.78 is 9.49. The minimum Gasteiger partial charge on any atom is -0.372 e. The molecule has 0 radical (unpaired) electrons. The maximum absolute atomic E-state index is 12.8. The third-order valence-electron chi connectivity index (χ3n) is 5.76. The smallest absolute Gasteiger partial charge is 0.261 e. The van der Waals surface area contributed by atoms with Gasteiger partial charge in [-0.15, -0.1) is 0 Å². The zero-order chi connectivity index (χ0) is 18.4. The summed E-state index contributed by atoms with van der Waals surface area (Å²) in [5, 5.41) is 0.679. The molecule has 1 saturated heterocycles. The fourth-order valence-corrected chi connectivity index (χ4v) is 4.34. The molecule has 0 bridgehead atoms. The van der Waals surface area contributed by atoms with E-state index in [9.17, 15) is 4.79 Å². The summed E-state index contributed by atoms with van der Waals surface area (Å²) in [5.41, 5.74) is 2.02. The number of likely N-dealkylation sites (tertiary alicyclic amines) is 1. The lowest BCUT2D eigenvalue weighted by molar-refractivity contribution is 0.0793. The number of fused-ring (bicyclic) bond motifs is 2. The molecule has 0 N–H and O–H groups in total. The van der Waals surface area contributed by atoms with Crippen molar-refractivity contribution in [3.8, 4) is 0 Å². The summed E-state index contributed by atoms with van der Waals surface area (Å²) in [6.45, 7) is 4.01. The lowest BCUT2D eigenvalue weighted by atomic mass is 10.1. The zero-order valence-corrected chi connectivity index (χ0v) is 15.5. The summed E-state index contributed by atoms with van der Waals surface area (Å²) >= 11 is 0. The van der Waals surface area contributed by atoms with Crippen molar-refractivity contribution < 1.29 is 4.74 Å². The van der Waals surface area contributed by atoms with E-state index in [0.29, 0.717) is 12.0 Å². The van der Waals surface area contributed by atoms with Crippen molar-refractivity contribution in [2.45, 2.75) is 38.6 Å². The van der Waals surface area contributed by atoms with E-state index in [1.165, 1.54) is 5.69 Å². The van der Waals surface area contributed by atoms with Crippen molar-refractivity contribution in [1.82, 2.24) is 24.0 Å². The van der Waals surface area contributed by atoms with Gasteiger partial charge in [0.05, 0.1) is 29.2 Å². The molecule has 3 aromatic rings. The summed E-state index contributed by atoms with van der Waals surface area (Å²) in [7, 11) is 1.84. The highest BCUT2D eigenvalue weighted by Crippen LogP contribution is 2.32. The van der Waals surface area contributed by atoms with Crippen molar-refractivity contribution in [3.05, 3.63) is 58.2 Å². The van der Waals surface area contributed by atoms with Crippen LogP contribution in [0, 0.1) is 0 Å². The van der Waals surface area contributed by atoms with E-state index in [2.05, 4.69) is 14.5 Å². The van der Waals surface area contributed by atoms with E-state index >= 15 is 0 Å². The van der Waals surface area contributed by atoms with E-state index in [1.54, 1.807) is 4.57 Å². The van der Waals surface area contributed by atoms with Gasteiger partial charge in [-0.25, -0.2) is 9.97 Å². The van der Waals surface area contributed by atoms with Crippen LogP contribution in [0.25, 0.3) is 10.9 Å². The molecule has 4 heterocycles. The van der Waals surface area contributed by atoms with Crippen LogP contribution in [-0.2, 0) is 31.5 Å². The Hall–Kier alpha value is -2.51. The number of nitrogens with zero attached hydrogens (tertiary/aromatic N) is 5. The second-order valence-electron chi connectivity index (χ2n) is 7.35. The highest BCUT2D eigenvalue weighted by atomic mass is 16.5. The summed E-state index contributed by atoms with van der Waals surface area (Å²) in [6, 6.07) is 7.75. The van der Waals surface area contributed by atoms with Crippen LogP contribution in [0.4, 0.5) is 0 Å². The molecule has 0 amide bonds. The van der Waals surface area contributed by atoms with Crippen LogP contribution < -0.4 is 5.56 Å². The zero-order valence-electron chi connectivity index (χ0n) is 15.5. The Morgan fingerprint density at radius 2 is 2.15 bits per heavy atom. The minimum absolute atomic E-state index is 0.0290. The van der Waals surface area contributed by atoms with E-state index in [4.69, 9.17) is 9.72 Å². The van der Waals surface area contributed by atoms with Gasteiger partial charge in [0.2, 0.25) is 0 Å². The number of imidazole rings is 1. The monoisotopic (exact) mass is 365 g/mol. The summed E-state index contributed by atoms with van der Waals surface area (Å²) in [4.78, 5) is 24.6. The Bertz CT molecular complexity index is 1050. The first kappa shape index (κ1) is 16.6. The summed E-state index contributed by atoms with van der Waals surface area (Å²) in [6.07, 6.45) is 4.09. The molecule has 1 fully saturated rings. The number of para-hydroxylation sites is 1. The fraction of sp³-hybridized carbons (Fsp3) is 0.450. The van der Waals surface area contributed by atoms with Crippen LogP contribution >= 0.6 is 0 Å². The van der Waals surface area contributed by atoms with Gasteiger partial charge in [-0.3, -0.25) is 14.3 Å². The van der Waals surface area contributed by atoms with E-state index in [-0.39, 0.29) is 11.6 Å². The molecule has 1 atom stereocenters. The van der Waals surface area contributed by atoms with Crippen LogP contribution in [0.5, 0.6) is 0 Å². The number of hydrogen-bond donors (Lipinski definition) is 0. The molecule has 2 aromatic heterocycles. The lowest BCUT2D eigenvalue weighted by Crippen LogP contribution is -2.31. The molecule has 0 saturated carbocycles. The molecular formula is C20H23N5O2. The van der Waals surface area contributed by atoms with Crippen LogP contribution in [0.3, 0.4) is 0 Å². The van der Waals surface area contributed by atoms with Gasteiger partial charge in [-0.2, -0.15) is 0 Å². The molecule has 7 nitrogen and oxygen atoms in total. The molecule has 5 rings (SSSR count). The first-order valence-electron chi connectivity index (χ1n) is 9.53. The maximum Gasteiger partial charge on any atom is 0.261 e. The molecule has 1 aromatic carbocycles. The topological polar surface area (TPSA) is 65.2 Å². The van der Waals surface area contributed by atoms with E-state index < -0.39 is 0 Å². The van der Waals surface area contributed by atoms with Crippen molar-refractivity contribution in [2.24, 2.45) is 7.05 Å². The predicted molar refractivity (Wildman–Crippen MR) is 101 cm³/mol. The SMILES string of the molecule is Cn1c(C2CCCN2Cc2cnc3n2CCOC3)nc2ccccc2c1=O. The fourth-order valence-electron chi connectivity index (χ4n) is 4.34. The Kier molecular flexibility index (Phi) is 4.06. The van der Waals surface area contributed by atoms with Crippen LogP contribution in [-0.4, -0.2) is 37.2 Å². The number of aromatic nitrogens is 4. The normalized spacial score (nSPS) is 20.3. The van der Waals surface area contributed by atoms with E-state index in [1.807, 2.05) is 37.5 Å². The van der Waals surface area contributed by atoms with Gasteiger partial charge in [-0.1, -0.05) is 12.1 Å². The van der Waals surface area contributed by atoms with Crippen molar-refractivity contribution in [3.63, 3.8) is 0 Å². The number of hydrogen-bond acceptors (Lipinski definition) is 5. The molecule has 27 heavy (non-hydrogen) atoms. The standard InChI is InChI=1S/C20H23N5O2/c1-23-19(22-16-6-3-2-5-15(16)20(23)26)17-7-4-8-24(17)12-14-11-21-18-13-27-10-9-25(14)18/h2-3,5-6,11,17H,4,7-10,12-13H2,1H3. The maximum atomic E-state index is 12.8. The number of rotatable bonds is 3. The van der Waals surface area contributed by atoms with Crippen LogP contribution in [0.15, 0.2) is 35.3 Å². The van der Waals surface area contributed by atoms with Gasteiger partial charge < -0.3 is 9.30 Å². The third kappa shape index (κ3) is 2.78. The molecule has 1 unspecified atom stereocenters. The number of benzene rings is 1. The molecule has 0 aliphatic carbocycles. The number of ether oxygens (including phenoxy) is 1. The molecule has 7 heteroatoms. The van der Waals surface area contributed by atoms with Gasteiger partial charge in [0.1, 0.15) is 18.3 Å². The van der Waals surface area contributed by atoms with E-state index in [0.717, 1.165) is 56.2 Å². The molecule has 2 aliphatic rings. The predicted octanol–water partition coefficient (Wildman–Crippen LogP) is 2.00. The van der Waals surface area contributed by atoms with Crippen molar-refractivity contribution in [2.75, 3.05) is 13.2 Å². The lowest BCUT2D eigenvalue weighted by Gasteiger charge is -2.26. The Morgan fingerprint density at radius 1 is 1.26 bits per heavy atom. The van der Waals surface area contributed by atoms with Gasteiger partial charge in [0.15, 0.2) is 0 Å². The molecule has 140 valence electrons. The largest absolute Gasteiger partial charge is 0.372 e. The van der Waals surface area contributed by atoms with Gasteiger partial charge in [-0.05, 0) is 31.5 Å². The summed E-state index contributed by atoms with van der Waals surface area (Å²) in [5.74, 6) is 1.86. The molecule has 0 spiro atoms. The van der Waals surface area contributed by atoms with Crippen LogP contribution in [0.2, 0.25) is 0 Å². The average Bonchev–Trinajstić information content (AvgIpc) is 3.32. The first-order chi connectivity index (χ1) is 13.2. The van der Waals surface area contributed by atoms with Crippen LogP contribution in [0.1, 0.15) is 36.2 Å². The Morgan fingerprint density at radius 3 is 3.07 bits per heavy atom. The average molecular weight is 365 g/mol. The first-order valence-corrected chi connectivity index (χ1v) is 9.53. The highest BCUT2D eigenvalue weighted by molar-refractivity contribution is 5.77. The van der Waals surface area contributed by atoms with Gasteiger partial charge >= 0.3 is 0 Å². The molecule has 2 aliphatic heterocycles. The third-order valence-corrected chi connectivity index (χ3v) is 5.76. The van der Waals surface area contributed by atoms with Crippen molar-refractivity contribution >= 4 is 10.9 Å². The second-order valence-corrected chi connectivity index (χ2v) is 7.35.